The van der Waals surface area contributed by atoms with Crippen molar-refractivity contribution in [1.82, 2.24) is 5.32 Å². The number of aliphatic hydroxyl groups is 1. The number of amides is 2. The lowest BCUT2D eigenvalue weighted by Crippen LogP contribution is -2.31. The van der Waals surface area contributed by atoms with Gasteiger partial charge in [0.05, 0.1) is 6.61 Å². The summed E-state index contributed by atoms with van der Waals surface area (Å²) in [6.45, 7) is 4.35. The van der Waals surface area contributed by atoms with E-state index < -0.39 is 0 Å². The molecule has 0 aliphatic heterocycles. The second-order valence-electron chi connectivity index (χ2n) is 3.85. The number of anilines is 1. The number of rotatable bonds is 4. The number of hydrogen-bond donors (Lipinski definition) is 3. The van der Waals surface area contributed by atoms with Crippen LogP contribution in [0.2, 0.25) is 0 Å². The number of benzene rings is 1. The molecule has 0 aliphatic rings. The van der Waals surface area contributed by atoms with E-state index in [0.29, 0.717) is 5.92 Å². The molecule has 0 spiro atoms. The highest BCUT2D eigenvalue weighted by molar-refractivity contribution is 5.90. The molecule has 4 nitrogen and oxygen atoms in total. The fourth-order valence-electron chi connectivity index (χ4n) is 1.45. The van der Waals surface area contributed by atoms with E-state index >= 15 is 0 Å². The third kappa shape index (κ3) is 3.55. The van der Waals surface area contributed by atoms with Crippen LogP contribution >= 0.6 is 0 Å². The first-order valence-electron chi connectivity index (χ1n) is 5.39. The Hall–Kier alpha value is -1.55. The molecule has 0 aromatic heterocycles. The largest absolute Gasteiger partial charge is 0.395 e. The van der Waals surface area contributed by atoms with E-state index in [9.17, 15) is 4.79 Å². The first kappa shape index (κ1) is 12.5. The molecular formula is C12H18N2O2. The second-order valence-corrected chi connectivity index (χ2v) is 3.85. The van der Waals surface area contributed by atoms with Crippen molar-refractivity contribution in [3.8, 4) is 0 Å². The number of urea groups is 1. The maximum absolute atomic E-state index is 11.4. The van der Waals surface area contributed by atoms with Crippen molar-refractivity contribution in [2.75, 3.05) is 18.5 Å². The van der Waals surface area contributed by atoms with Crippen molar-refractivity contribution in [2.45, 2.75) is 19.8 Å². The van der Waals surface area contributed by atoms with Gasteiger partial charge in [0.1, 0.15) is 0 Å². The molecule has 0 fully saturated rings. The monoisotopic (exact) mass is 222 g/mol. The summed E-state index contributed by atoms with van der Waals surface area (Å²) in [6.07, 6.45) is 0. The fraction of sp³-hybridized carbons (Fsp3) is 0.417. The molecule has 1 aromatic carbocycles. The minimum Gasteiger partial charge on any atom is -0.395 e. The van der Waals surface area contributed by atoms with Gasteiger partial charge in [0.2, 0.25) is 0 Å². The average Bonchev–Trinajstić information content (AvgIpc) is 2.27. The molecule has 0 radical (unpaired) electrons. The van der Waals surface area contributed by atoms with Crippen molar-refractivity contribution in [2.24, 2.45) is 0 Å². The predicted molar refractivity (Wildman–Crippen MR) is 64.6 cm³/mol. The van der Waals surface area contributed by atoms with E-state index in [1.807, 2.05) is 24.3 Å². The zero-order valence-electron chi connectivity index (χ0n) is 9.66. The maximum atomic E-state index is 11.4. The number of nitrogens with one attached hydrogen (secondary N) is 2. The Morgan fingerprint density at radius 2 is 2.06 bits per heavy atom. The van der Waals surface area contributed by atoms with Crippen molar-refractivity contribution in [3.05, 3.63) is 29.8 Å². The topological polar surface area (TPSA) is 61.4 Å². The molecule has 2 amide bonds. The maximum Gasteiger partial charge on any atom is 0.319 e. The molecule has 0 atom stereocenters. The molecule has 4 heteroatoms. The van der Waals surface area contributed by atoms with Crippen LogP contribution in [0.4, 0.5) is 10.5 Å². The molecule has 0 saturated carbocycles. The van der Waals surface area contributed by atoms with Crippen LogP contribution in [0.25, 0.3) is 0 Å². The standard InChI is InChI=1S/C12H18N2O2/c1-9(2)10-5-3-4-6-11(10)14-12(16)13-7-8-15/h3-6,9,15H,7-8H2,1-2H3,(H2,13,14,16). The lowest BCUT2D eigenvalue weighted by atomic mass is 10.0. The zero-order chi connectivity index (χ0) is 12.0. The average molecular weight is 222 g/mol. The summed E-state index contributed by atoms with van der Waals surface area (Å²) in [5.41, 5.74) is 1.91. The summed E-state index contributed by atoms with van der Waals surface area (Å²) in [6, 6.07) is 7.40. The Morgan fingerprint density at radius 1 is 1.38 bits per heavy atom. The Balaban J connectivity index is 2.69. The van der Waals surface area contributed by atoms with E-state index in [1.165, 1.54) is 0 Å². The van der Waals surface area contributed by atoms with Crippen LogP contribution in [0, 0.1) is 0 Å². The van der Waals surface area contributed by atoms with Crippen LogP contribution in [-0.4, -0.2) is 24.3 Å². The van der Waals surface area contributed by atoms with Gasteiger partial charge in [-0.2, -0.15) is 0 Å². The van der Waals surface area contributed by atoms with Crippen molar-refractivity contribution in [1.29, 1.82) is 0 Å². The summed E-state index contributed by atoms with van der Waals surface area (Å²) in [5, 5.41) is 13.9. The minimum absolute atomic E-state index is 0.0563. The van der Waals surface area contributed by atoms with E-state index in [0.717, 1.165) is 11.3 Å². The van der Waals surface area contributed by atoms with Crippen LogP contribution in [0.5, 0.6) is 0 Å². The molecule has 0 unspecified atom stereocenters. The molecule has 0 heterocycles. The van der Waals surface area contributed by atoms with Crippen LogP contribution in [-0.2, 0) is 0 Å². The van der Waals surface area contributed by atoms with Gasteiger partial charge in [-0.25, -0.2) is 4.79 Å². The van der Waals surface area contributed by atoms with E-state index in [4.69, 9.17) is 5.11 Å². The van der Waals surface area contributed by atoms with E-state index in [-0.39, 0.29) is 19.2 Å². The molecule has 1 rings (SSSR count). The lowest BCUT2D eigenvalue weighted by Gasteiger charge is -2.13. The van der Waals surface area contributed by atoms with Crippen LogP contribution in [0.3, 0.4) is 0 Å². The van der Waals surface area contributed by atoms with E-state index in [2.05, 4.69) is 24.5 Å². The summed E-state index contributed by atoms with van der Waals surface area (Å²) >= 11 is 0. The van der Waals surface area contributed by atoms with Crippen LogP contribution < -0.4 is 10.6 Å². The van der Waals surface area contributed by atoms with Crippen molar-refractivity contribution < 1.29 is 9.90 Å². The summed E-state index contributed by atoms with van der Waals surface area (Å²) < 4.78 is 0. The summed E-state index contributed by atoms with van der Waals surface area (Å²) in [7, 11) is 0. The zero-order valence-corrected chi connectivity index (χ0v) is 9.66. The number of carbonyl (C=O) groups is 1. The van der Waals surface area contributed by atoms with E-state index in [1.54, 1.807) is 0 Å². The van der Waals surface area contributed by atoms with Crippen molar-refractivity contribution >= 4 is 11.7 Å². The quantitative estimate of drug-likeness (QED) is 0.729. The first-order valence-corrected chi connectivity index (χ1v) is 5.39. The Bertz CT molecular complexity index is 351. The molecule has 0 aliphatic carbocycles. The van der Waals surface area contributed by atoms with Gasteiger partial charge in [0, 0.05) is 12.2 Å². The predicted octanol–water partition coefficient (Wildman–Crippen LogP) is 1.92. The highest BCUT2D eigenvalue weighted by Crippen LogP contribution is 2.23. The van der Waals surface area contributed by atoms with Gasteiger partial charge >= 0.3 is 6.03 Å². The normalized spacial score (nSPS) is 10.2. The number of carbonyl (C=O) groups excluding carboxylic acids is 1. The van der Waals surface area contributed by atoms with Gasteiger partial charge in [-0.3, -0.25) is 0 Å². The molecule has 88 valence electrons. The third-order valence-electron chi connectivity index (χ3n) is 2.23. The number of hydrogen-bond acceptors (Lipinski definition) is 2. The minimum atomic E-state index is -0.290. The second kappa shape index (κ2) is 6.12. The molecule has 16 heavy (non-hydrogen) atoms. The highest BCUT2D eigenvalue weighted by atomic mass is 16.3. The molecular weight excluding hydrogens is 204 g/mol. The van der Waals surface area contributed by atoms with Gasteiger partial charge < -0.3 is 15.7 Å². The van der Waals surface area contributed by atoms with Gasteiger partial charge in [0.15, 0.2) is 0 Å². The summed E-state index contributed by atoms with van der Waals surface area (Å²) in [5.74, 6) is 0.356. The molecule has 1 aromatic rings. The fourth-order valence-corrected chi connectivity index (χ4v) is 1.45. The highest BCUT2D eigenvalue weighted by Gasteiger charge is 2.07. The van der Waals surface area contributed by atoms with Gasteiger partial charge in [-0.1, -0.05) is 32.0 Å². The third-order valence-corrected chi connectivity index (χ3v) is 2.23. The lowest BCUT2D eigenvalue weighted by molar-refractivity contribution is 0.245. The van der Waals surface area contributed by atoms with Gasteiger partial charge in [-0.05, 0) is 17.5 Å². The Kier molecular flexibility index (Phi) is 4.79. The Morgan fingerprint density at radius 3 is 2.69 bits per heavy atom. The smallest absolute Gasteiger partial charge is 0.319 e. The SMILES string of the molecule is CC(C)c1ccccc1NC(=O)NCCO. The Labute approximate surface area is 95.7 Å². The summed E-state index contributed by atoms with van der Waals surface area (Å²) in [4.78, 5) is 11.4. The van der Waals surface area contributed by atoms with Crippen molar-refractivity contribution in [3.63, 3.8) is 0 Å². The first-order chi connectivity index (χ1) is 7.65. The van der Waals surface area contributed by atoms with Crippen LogP contribution in [0.1, 0.15) is 25.3 Å². The number of para-hydroxylation sites is 1. The molecule has 0 bridgehead atoms. The van der Waals surface area contributed by atoms with Gasteiger partial charge in [-0.15, -0.1) is 0 Å². The van der Waals surface area contributed by atoms with Gasteiger partial charge in [0.25, 0.3) is 0 Å². The number of aliphatic hydroxyl groups excluding tert-OH is 1. The van der Waals surface area contributed by atoms with Crippen LogP contribution in [0.15, 0.2) is 24.3 Å². The molecule has 0 saturated heterocycles. The molecule has 3 N–H and O–H groups in total.